The van der Waals surface area contributed by atoms with Crippen molar-refractivity contribution >= 4 is 15.9 Å². The van der Waals surface area contributed by atoms with E-state index in [9.17, 15) is 13.2 Å². The van der Waals surface area contributed by atoms with Gasteiger partial charge < -0.3 is 10.6 Å². The summed E-state index contributed by atoms with van der Waals surface area (Å²) in [6.07, 6.45) is 3.62. The van der Waals surface area contributed by atoms with Gasteiger partial charge >= 0.3 is 0 Å². The molecule has 3 N–H and O–H groups in total. The van der Waals surface area contributed by atoms with Crippen LogP contribution in [0.1, 0.15) is 23.2 Å². The maximum absolute atomic E-state index is 12.1. The van der Waals surface area contributed by atoms with Crippen LogP contribution in [0, 0.1) is 0 Å². The first-order valence-electron chi connectivity index (χ1n) is 7.25. The average molecular weight is 323 g/mol. The second-order valence-corrected chi connectivity index (χ2v) is 6.94. The molecular formula is C15H21N3O3S. The van der Waals surface area contributed by atoms with Crippen LogP contribution in [-0.2, 0) is 10.0 Å². The van der Waals surface area contributed by atoms with E-state index in [-0.39, 0.29) is 17.3 Å². The molecule has 7 heteroatoms. The molecule has 0 bridgehead atoms. The molecule has 1 aliphatic heterocycles. The molecule has 120 valence electrons. The molecule has 0 aromatic heterocycles. The zero-order valence-corrected chi connectivity index (χ0v) is 13.2. The molecule has 1 amide bonds. The van der Waals surface area contributed by atoms with Gasteiger partial charge in [0.05, 0.1) is 4.90 Å². The predicted octanol–water partition coefficient (Wildman–Crippen LogP) is 0.633. The Morgan fingerprint density at radius 3 is 2.95 bits per heavy atom. The maximum atomic E-state index is 12.1. The SMILES string of the molecule is C=CCNS(=O)(=O)c1cccc(C(=O)NCC2CCCN2)c1. The lowest BCUT2D eigenvalue weighted by Gasteiger charge is -2.12. The molecule has 1 heterocycles. The van der Waals surface area contributed by atoms with Crippen LogP contribution in [0.5, 0.6) is 0 Å². The zero-order valence-electron chi connectivity index (χ0n) is 12.3. The van der Waals surface area contributed by atoms with E-state index in [0.29, 0.717) is 18.2 Å². The first-order valence-corrected chi connectivity index (χ1v) is 8.73. The quantitative estimate of drug-likeness (QED) is 0.643. The van der Waals surface area contributed by atoms with Gasteiger partial charge in [-0.25, -0.2) is 13.1 Å². The summed E-state index contributed by atoms with van der Waals surface area (Å²) in [4.78, 5) is 12.2. The fourth-order valence-corrected chi connectivity index (χ4v) is 3.35. The number of hydrogen-bond donors (Lipinski definition) is 3. The summed E-state index contributed by atoms with van der Waals surface area (Å²) >= 11 is 0. The fraction of sp³-hybridized carbons (Fsp3) is 0.400. The van der Waals surface area contributed by atoms with E-state index in [1.54, 1.807) is 12.1 Å². The molecule has 0 aliphatic carbocycles. The van der Waals surface area contributed by atoms with Crippen LogP contribution >= 0.6 is 0 Å². The summed E-state index contributed by atoms with van der Waals surface area (Å²) < 4.78 is 26.4. The Bertz CT molecular complexity index is 637. The van der Waals surface area contributed by atoms with E-state index in [4.69, 9.17) is 0 Å². The van der Waals surface area contributed by atoms with E-state index < -0.39 is 10.0 Å². The number of carbonyl (C=O) groups excluding carboxylic acids is 1. The number of sulfonamides is 1. The van der Waals surface area contributed by atoms with Gasteiger partial charge in [0, 0.05) is 24.7 Å². The largest absolute Gasteiger partial charge is 0.350 e. The highest BCUT2D eigenvalue weighted by molar-refractivity contribution is 7.89. The van der Waals surface area contributed by atoms with Crippen molar-refractivity contribution in [1.82, 2.24) is 15.4 Å². The Hall–Kier alpha value is -1.70. The molecular weight excluding hydrogens is 302 g/mol. The third kappa shape index (κ3) is 4.40. The van der Waals surface area contributed by atoms with Gasteiger partial charge in [-0.05, 0) is 37.6 Å². The van der Waals surface area contributed by atoms with Gasteiger partial charge in [0.25, 0.3) is 5.91 Å². The lowest BCUT2D eigenvalue weighted by atomic mass is 10.2. The molecule has 0 spiro atoms. The van der Waals surface area contributed by atoms with E-state index in [1.165, 1.54) is 18.2 Å². The van der Waals surface area contributed by atoms with Gasteiger partial charge in [-0.1, -0.05) is 12.1 Å². The molecule has 1 atom stereocenters. The highest BCUT2D eigenvalue weighted by atomic mass is 32.2. The maximum Gasteiger partial charge on any atom is 0.251 e. The van der Waals surface area contributed by atoms with Crippen LogP contribution in [0.4, 0.5) is 0 Å². The molecule has 1 aromatic carbocycles. The molecule has 0 radical (unpaired) electrons. The van der Waals surface area contributed by atoms with Crippen molar-refractivity contribution in [2.45, 2.75) is 23.8 Å². The van der Waals surface area contributed by atoms with Crippen molar-refractivity contribution in [3.8, 4) is 0 Å². The highest BCUT2D eigenvalue weighted by Crippen LogP contribution is 2.12. The Labute approximate surface area is 131 Å². The van der Waals surface area contributed by atoms with Crippen molar-refractivity contribution in [2.24, 2.45) is 0 Å². The first-order chi connectivity index (χ1) is 10.5. The van der Waals surface area contributed by atoms with Gasteiger partial charge in [0.1, 0.15) is 0 Å². The van der Waals surface area contributed by atoms with Gasteiger partial charge in [0.2, 0.25) is 10.0 Å². The second-order valence-electron chi connectivity index (χ2n) is 5.17. The van der Waals surface area contributed by atoms with Crippen molar-refractivity contribution in [2.75, 3.05) is 19.6 Å². The summed E-state index contributed by atoms with van der Waals surface area (Å²) in [5.74, 6) is -0.269. The van der Waals surface area contributed by atoms with Crippen LogP contribution in [-0.4, -0.2) is 40.0 Å². The molecule has 2 rings (SSSR count). The number of nitrogens with one attached hydrogen (secondary N) is 3. The number of rotatable bonds is 7. The first kappa shape index (κ1) is 16.7. The van der Waals surface area contributed by atoms with Crippen LogP contribution in [0.25, 0.3) is 0 Å². The predicted molar refractivity (Wildman–Crippen MR) is 85.2 cm³/mol. The van der Waals surface area contributed by atoms with Gasteiger partial charge in [-0.15, -0.1) is 6.58 Å². The Morgan fingerprint density at radius 2 is 2.27 bits per heavy atom. The third-order valence-electron chi connectivity index (χ3n) is 3.50. The van der Waals surface area contributed by atoms with Crippen LogP contribution in [0.15, 0.2) is 41.8 Å². The summed E-state index contributed by atoms with van der Waals surface area (Å²) in [6, 6.07) is 6.30. The van der Waals surface area contributed by atoms with E-state index in [2.05, 4.69) is 21.9 Å². The van der Waals surface area contributed by atoms with Crippen LogP contribution < -0.4 is 15.4 Å². The topological polar surface area (TPSA) is 87.3 Å². The zero-order chi connectivity index (χ0) is 16.0. The second kappa shape index (κ2) is 7.53. The summed E-state index contributed by atoms with van der Waals surface area (Å²) in [5.41, 5.74) is 0.333. The van der Waals surface area contributed by atoms with Crippen LogP contribution in [0.2, 0.25) is 0 Å². The number of amides is 1. The number of carbonyl (C=O) groups is 1. The van der Waals surface area contributed by atoms with Crippen molar-refractivity contribution in [3.05, 3.63) is 42.5 Å². The summed E-state index contributed by atoms with van der Waals surface area (Å²) in [5, 5.41) is 6.12. The smallest absolute Gasteiger partial charge is 0.251 e. The monoisotopic (exact) mass is 323 g/mol. The molecule has 0 saturated carbocycles. The minimum absolute atomic E-state index is 0.0704. The van der Waals surface area contributed by atoms with E-state index in [0.717, 1.165) is 19.4 Å². The van der Waals surface area contributed by atoms with Gasteiger partial charge in [-0.3, -0.25) is 4.79 Å². The van der Waals surface area contributed by atoms with Gasteiger partial charge in [0.15, 0.2) is 0 Å². The lowest BCUT2D eigenvalue weighted by molar-refractivity contribution is 0.0950. The Kier molecular flexibility index (Phi) is 5.70. The standard InChI is InChI=1S/C15H21N3O3S/c1-2-8-18-22(20,21)14-7-3-5-12(10-14)15(19)17-11-13-6-4-9-16-13/h2-3,5,7,10,13,16,18H,1,4,6,8-9,11H2,(H,17,19). The Balaban J connectivity index is 2.03. The fourth-order valence-electron chi connectivity index (χ4n) is 2.31. The highest BCUT2D eigenvalue weighted by Gasteiger charge is 2.17. The van der Waals surface area contributed by atoms with Crippen molar-refractivity contribution in [3.63, 3.8) is 0 Å². The lowest BCUT2D eigenvalue weighted by Crippen LogP contribution is -2.37. The molecule has 1 aliphatic rings. The third-order valence-corrected chi connectivity index (χ3v) is 4.92. The minimum atomic E-state index is -3.62. The van der Waals surface area contributed by atoms with Gasteiger partial charge in [-0.2, -0.15) is 0 Å². The van der Waals surface area contributed by atoms with E-state index >= 15 is 0 Å². The number of benzene rings is 1. The molecule has 1 saturated heterocycles. The molecule has 6 nitrogen and oxygen atoms in total. The average Bonchev–Trinajstić information content (AvgIpc) is 3.04. The van der Waals surface area contributed by atoms with E-state index in [1.807, 2.05) is 0 Å². The number of hydrogen-bond acceptors (Lipinski definition) is 4. The molecule has 1 aromatic rings. The normalized spacial score (nSPS) is 18.1. The molecule has 1 fully saturated rings. The molecule has 22 heavy (non-hydrogen) atoms. The van der Waals surface area contributed by atoms with Crippen molar-refractivity contribution in [1.29, 1.82) is 0 Å². The summed E-state index contributed by atoms with van der Waals surface area (Å²) in [6.45, 7) is 5.13. The Morgan fingerprint density at radius 1 is 1.45 bits per heavy atom. The summed E-state index contributed by atoms with van der Waals surface area (Å²) in [7, 11) is -3.62. The molecule has 1 unspecified atom stereocenters. The van der Waals surface area contributed by atoms with Crippen molar-refractivity contribution < 1.29 is 13.2 Å². The minimum Gasteiger partial charge on any atom is -0.350 e. The van der Waals surface area contributed by atoms with Crippen LogP contribution in [0.3, 0.4) is 0 Å².